The van der Waals surface area contributed by atoms with Crippen LogP contribution in [0.4, 0.5) is 13.2 Å². The number of amides is 1. The van der Waals surface area contributed by atoms with Gasteiger partial charge in [-0.15, -0.1) is 0 Å². The van der Waals surface area contributed by atoms with E-state index in [2.05, 4.69) is 28.6 Å². The zero-order chi connectivity index (χ0) is 41.5. The van der Waals surface area contributed by atoms with Gasteiger partial charge in [-0.05, 0) is 80.5 Å². The van der Waals surface area contributed by atoms with Crippen LogP contribution >= 0.6 is 0 Å². The predicted octanol–water partition coefficient (Wildman–Crippen LogP) is -1.22. The molecule has 0 saturated carbocycles. The van der Waals surface area contributed by atoms with Crippen LogP contribution in [0.5, 0.6) is 0 Å². The average molecular weight is 817 g/mol. The van der Waals surface area contributed by atoms with Gasteiger partial charge in [0.25, 0.3) is 6.47 Å². The maximum absolute atomic E-state index is 12.2. The van der Waals surface area contributed by atoms with Crippen LogP contribution < -0.4 is 119 Å². The van der Waals surface area contributed by atoms with Gasteiger partial charge in [-0.1, -0.05) is 101 Å². The number of halogens is 3. The Morgan fingerprint density at radius 3 is 1.56 bits per heavy atom. The Balaban J connectivity index is -0.000000437. The molecule has 7 N–H and O–H groups in total. The summed E-state index contributed by atoms with van der Waals surface area (Å²) in [5.41, 5.74) is 5.11. The molecule has 0 aromatic heterocycles. The fourth-order valence-electron chi connectivity index (χ4n) is 4.90. The molecular formula is C39H55F3K2N2O8. The second-order valence-electron chi connectivity index (χ2n) is 11.9. The minimum Gasteiger partial charge on any atom is -1.00 e. The largest absolute Gasteiger partial charge is 1.00 e. The summed E-state index contributed by atoms with van der Waals surface area (Å²) in [5, 5.41) is 51.5. The van der Waals surface area contributed by atoms with Crippen LogP contribution in [0.2, 0.25) is 0 Å². The molecule has 0 fully saturated rings. The molecule has 1 amide bonds. The van der Waals surface area contributed by atoms with E-state index < -0.39 is 48.4 Å². The van der Waals surface area contributed by atoms with Gasteiger partial charge in [-0.3, -0.25) is 9.59 Å². The molecule has 54 heavy (non-hydrogen) atoms. The molecule has 2 aromatic carbocycles. The maximum Gasteiger partial charge on any atom is 1.00 e. The average Bonchev–Trinajstić information content (AvgIpc) is 3.10. The van der Waals surface area contributed by atoms with Crippen LogP contribution in [0, 0.1) is 23.7 Å². The molecule has 0 aliphatic carbocycles. The first kappa shape index (κ1) is 53.3. The maximum atomic E-state index is 12.2. The van der Waals surface area contributed by atoms with Gasteiger partial charge in [0.1, 0.15) is 11.2 Å². The smallest absolute Gasteiger partial charge is 1.00 e. The van der Waals surface area contributed by atoms with Crippen molar-refractivity contribution in [3.05, 3.63) is 70.8 Å². The van der Waals surface area contributed by atoms with Gasteiger partial charge in [-0.25, -0.2) is 0 Å². The second-order valence-corrected chi connectivity index (χ2v) is 11.9. The number of alkyl halides is 3. The molecule has 0 aliphatic heterocycles. The minimum absolute atomic E-state index is 0. The number of benzene rings is 2. The molecule has 2 aromatic rings. The first-order valence-electron chi connectivity index (χ1n) is 18.2. The van der Waals surface area contributed by atoms with E-state index in [1.54, 1.807) is 35.6 Å². The normalized spacial score (nSPS) is 13.4. The van der Waals surface area contributed by atoms with Crippen LogP contribution in [0.15, 0.2) is 48.5 Å². The number of carbonyl (C=O) groups is 2. The summed E-state index contributed by atoms with van der Waals surface area (Å²) in [6, 6.07) is 13.1. The van der Waals surface area contributed by atoms with E-state index in [0.29, 0.717) is 42.4 Å². The van der Waals surface area contributed by atoms with E-state index in [0.717, 1.165) is 25.7 Å². The van der Waals surface area contributed by atoms with Crippen molar-refractivity contribution >= 4 is 12.4 Å². The number of hydrogen-bond donors (Lipinski definition) is 6. The molecule has 10 nitrogen and oxygen atoms in total. The van der Waals surface area contributed by atoms with Gasteiger partial charge < -0.3 is 43.0 Å². The predicted molar refractivity (Wildman–Crippen MR) is 192 cm³/mol. The number of nitrogens with two attached hydrogens (primary N) is 1. The van der Waals surface area contributed by atoms with Gasteiger partial charge in [0.05, 0.1) is 14.9 Å². The third-order valence-electron chi connectivity index (χ3n) is 7.25. The molecule has 0 radical (unpaired) electrons. The Morgan fingerprint density at radius 1 is 0.870 bits per heavy atom. The number of nitrogens with one attached hydrogen (secondary N) is 1. The fourth-order valence-corrected chi connectivity index (χ4v) is 4.90. The summed E-state index contributed by atoms with van der Waals surface area (Å²) < 4.78 is 52.4. The Labute approximate surface area is 407 Å². The van der Waals surface area contributed by atoms with Gasteiger partial charge in [0.15, 0.2) is 0 Å². The third kappa shape index (κ3) is 25.5. The van der Waals surface area contributed by atoms with E-state index >= 15 is 0 Å². The van der Waals surface area contributed by atoms with E-state index in [-0.39, 0.29) is 129 Å². The molecule has 0 spiro atoms. The Morgan fingerprint density at radius 2 is 1.24 bits per heavy atom. The van der Waals surface area contributed by atoms with Crippen molar-refractivity contribution in [2.45, 2.75) is 121 Å². The van der Waals surface area contributed by atoms with Crippen molar-refractivity contribution in [3.8, 4) is 23.7 Å². The summed E-state index contributed by atoms with van der Waals surface area (Å²) >= 11 is 0. The molecule has 15 heteroatoms. The second kappa shape index (κ2) is 32.3. The first-order chi connectivity index (χ1) is 25.2. The molecule has 0 heterocycles. The van der Waals surface area contributed by atoms with Crippen molar-refractivity contribution in [3.63, 3.8) is 0 Å². The summed E-state index contributed by atoms with van der Waals surface area (Å²) in [6.45, 7) is 7.48. The van der Waals surface area contributed by atoms with E-state index in [1.165, 1.54) is 12.1 Å². The molecule has 2 atom stereocenters. The Bertz CT molecular complexity index is 1550. The van der Waals surface area contributed by atoms with Gasteiger partial charge >= 0.3 is 115 Å². The summed E-state index contributed by atoms with van der Waals surface area (Å²) in [7, 11) is 0. The van der Waals surface area contributed by atoms with Crippen molar-refractivity contribution in [1.29, 1.82) is 0 Å². The topological polar surface area (TPSA) is 185 Å². The first-order valence-corrected chi connectivity index (χ1v) is 17.2. The van der Waals surface area contributed by atoms with Crippen molar-refractivity contribution in [2.75, 3.05) is 13.1 Å². The van der Waals surface area contributed by atoms with Crippen LogP contribution in [-0.4, -0.2) is 63.3 Å². The monoisotopic (exact) mass is 816 g/mol. The number of carbonyl (C=O) groups excluding carboxylic acids is 2. The number of aliphatic hydroxyl groups is 4. The van der Waals surface area contributed by atoms with Gasteiger partial charge in [0.2, 0.25) is 0 Å². The Kier molecular flexibility index (Phi) is 31.9. The summed E-state index contributed by atoms with van der Waals surface area (Å²) in [5.74, 6) is 9.53. The summed E-state index contributed by atoms with van der Waals surface area (Å²) in [6.07, 6.45) is -3.57. The van der Waals surface area contributed by atoms with E-state index in [1.807, 2.05) is 33.8 Å². The quantitative estimate of drug-likeness (QED) is 0.0398. The zero-order valence-corrected chi connectivity index (χ0v) is 38.6. The minimum atomic E-state index is -5.01. The molecule has 0 bridgehead atoms. The molecule has 0 aliphatic rings. The van der Waals surface area contributed by atoms with Gasteiger partial charge in [0, 0.05) is 17.7 Å². The Hall–Kier alpha value is -0.677. The van der Waals surface area contributed by atoms with Crippen molar-refractivity contribution < 1.29 is 160 Å². The zero-order valence-electron chi connectivity index (χ0n) is 35.3. The van der Waals surface area contributed by atoms with Crippen LogP contribution in [0.3, 0.4) is 0 Å². The third-order valence-corrected chi connectivity index (χ3v) is 7.25. The van der Waals surface area contributed by atoms with Crippen molar-refractivity contribution in [1.82, 2.24) is 5.32 Å². The van der Waals surface area contributed by atoms with Crippen LogP contribution in [-0.2, 0) is 14.5 Å². The van der Waals surface area contributed by atoms with Gasteiger partial charge in [-0.2, -0.15) is 13.2 Å². The SMILES string of the molecule is O=CO[O-].[2H]C(O)(CCN)c1cccc(C#CC(O)(CCC)CCC)c1.[2H]C(O)(CCNC(=O)C(F)(F)F)c1cccc(C#CC(O)(CCC)CCC)c1.[H-].[K+].[K+]. The number of rotatable bonds is 16. The molecule has 292 valence electrons. The molecule has 0 saturated heterocycles. The van der Waals surface area contributed by atoms with E-state index in [4.69, 9.17) is 18.5 Å². The molecule has 2 unspecified atom stereocenters. The van der Waals surface area contributed by atoms with E-state index in [9.17, 15) is 38.4 Å². The molecular weight excluding hydrogens is 760 g/mol. The standard InChI is InChI=1S/C20H26F3NO3.C18H27NO2.CH2O3.2K.H/c1-3-10-19(27,11-4-2)12-8-15-6-5-7-16(14-15)17(25)9-13-24-18(26)20(21,22)23;1-3-10-18(21,11-4-2)12-8-15-6-5-7-16(14-15)17(20)9-13-19;2-1-4-3;;;/h5-7,14,17,25,27H,3-4,9-11,13H2,1-2H3,(H,24,26);5-7,14,17,20-21H,3-4,9-11,13,19H2,1-2H3;1,3H;;;/q;;;2*+1;-1/p-1/i2*17D;;;;. The number of hydrogen-bond acceptors (Lipinski definition) is 9. The van der Waals surface area contributed by atoms with Crippen molar-refractivity contribution in [2.24, 2.45) is 5.73 Å². The summed E-state index contributed by atoms with van der Waals surface area (Å²) in [4.78, 5) is 22.1. The fraction of sp³-hybridized carbons (Fsp3) is 0.538. The van der Waals surface area contributed by atoms with Crippen LogP contribution in [0.25, 0.3) is 0 Å². The molecule has 2 rings (SSSR count). The van der Waals surface area contributed by atoms with Crippen LogP contribution in [0.1, 0.15) is 130 Å².